The smallest absolute Gasteiger partial charge is 0.173 e. The third-order valence-corrected chi connectivity index (χ3v) is 3.39. The second-order valence-corrected chi connectivity index (χ2v) is 5.14. The normalized spacial score (nSPS) is 11.2. The van der Waals surface area contributed by atoms with Crippen molar-refractivity contribution < 1.29 is 14.7 Å². The Kier molecular flexibility index (Phi) is 5.05. The van der Waals surface area contributed by atoms with Crippen molar-refractivity contribution in [2.24, 2.45) is 10.9 Å². The van der Waals surface area contributed by atoms with Gasteiger partial charge in [-0.15, -0.1) is 0 Å². The van der Waals surface area contributed by atoms with Crippen LogP contribution in [0.25, 0.3) is 0 Å². The highest BCUT2D eigenvalue weighted by molar-refractivity contribution is 9.10. The number of amidine groups is 1. The van der Waals surface area contributed by atoms with Crippen LogP contribution < -0.4 is 15.2 Å². The van der Waals surface area contributed by atoms with Crippen LogP contribution in [0.15, 0.2) is 52.1 Å². The van der Waals surface area contributed by atoms with Crippen LogP contribution >= 0.6 is 15.9 Å². The standard InChI is InChI=1S/C15H15BrN2O3/c1-20-13-5-3-2-4-10(13)9-21-14-7-6-11(16)8-12(14)15(17)18-19/h2-8,19H,9H2,1H3,(H2,17,18). The molecule has 2 aromatic rings. The monoisotopic (exact) mass is 350 g/mol. The number of rotatable bonds is 5. The molecule has 3 N–H and O–H groups in total. The van der Waals surface area contributed by atoms with Crippen molar-refractivity contribution in [3.8, 4) is 11.5 Å². The Balaban J connectivity index is 2.24. The minimum Gasteiger partial charge on any atom is -0.496 e. The zero-order valence-corrected chi connectivity index (χ0v) is 13.0. The molecule has 0 aliphatic carbocycles. The number of halogens is 1. The number of oxime groups is 1. The lowest BCUT2D eigenvalue weighted by molar-refractivity contribution is 0.294. The Labute approximate surface area is 131 Å². The maximum atomic E-state index is 8.84. The van der Waals surface area contributed by atoms with Crippen molar-refractivity contribution in [3.05, 3.63) is 58.1 Å². The van der Waals surface area contributed by atoms with E-state index in [0.29, 0.717) is 17.9 Å². The number of nitrogens with zero attached hydrogens (tertiary/aromatic N) is 1. The number of para-hydroxylation sites is 1. The molecule has 110 valence electrons. The molecule has 0 aromatic heterocycles. The summed E-state index contributed by atoms with van der Waals surface area (Å²) in [6.45, 7) is 0.317. The number of ether oxygens (including phenoxy) is 2. The second-order valence-electron chi connectivity index (χ2n) is 4.23. The van der Waals surface area contributed by atoms with Crippen LogP contribution in [0.3, 0.4) is 0 Å². The van der Waals surface area contributed by atoms with Gasteiger partial charge in [0.1, 0.15) is 18.1 Å². The third kappa shape index (κ3) is 3.66. The van der Waals surface area contributed by atoms with Crippen molar-refractivity contribution in [1.29, 1.82) is 0 Å². The molecule has 0 heterocycles. The van der Waals surface area contributed by atoms with E-state index in [1.165, 1.54) is 0 Å². The maximum absolute atomic E-state index is 8.84. The van der Waals surface area contributed by atoms with Gasteiger partial charge in [0, 0.05) is 10.0 Å². The maximum Gasteiger partial charge on any atom is 0.173 e. The first-order valence-electron chi connectivity index (χ1n) is 6.18. The molecule has 0 spiro atoms. The summed E-state index contributed by atoms with van der Waals surface area (Å²) in [7, 11) is 1.61. The lowest BCUT2D eigenvalue weighted by atomic mass is 10.2. The van der Waals surface area contributed by atoms with Gasteiger partial charge < -0.3 is 20.4 Å². The van der Waals surface area contributed by atoms with Gasteiger partial charge in [0.15, 0.2) is 5.84 Å². The molecule has 21 heavy (non-hydrogen) atoms. The molecule has 0 aliphatic heterocycles. The van der Waals surface area contributed by atoms with Gasteiger partial charge >= 0.3 is 0 Å². The predicted octanol–water partition coefficient (Wildman–Crippen LogP) is 3.13. The van der Waals surface area contributed by atoms with E-state index in [0.717, 1.165) is 15.8 Å². The molecule has 6 heteroatoms. The van der Waals surface area contributed by atoms with E-state index in [1.54, 1.807) is 19.2 Å². The second kappa shape index (κ2) is 6.99. The van der Waals surface area contributed by atoms with E-state index in [-0.39, 0.29) is 5.84 Å². The molecule has 0 bridgehead atoms. The van der Waals surface area contributed by atoms with Gasteiger partial charge in [-0.1, -0.05) is 39.3 Å². The van der Waals surface area contributed by atoms with Crippen LogP contribution in [-0.2, 0) is 6.61 Å². The Bertz CT molecular complexity index is 659. The molecule has 0 saturated heterocycles. The quantitative estimate of drug-likeness (QED) is 0.376. The SMILES string of the molecule is COc1ccccc1COc1ccc(Br)cc1/C(N)=N/O. The first kappa shape index (κ1) is 15.2. The molecule has 0 amide bonds. The average Bonchev–Trinajstić information content (AvgIpc) is 2.53. The number of hydrogen-bond donors (Lipinski definition) is 2. The summed E-state index contributed by atoms with van der Waals surface area (Å²) in [6, 6.07) is 12.9. The van der Waals surface area contributed by atoms with Gasteiger partial charge in [-0.2, -0.15) is 0 Å². The van der Waals surface area contributed by atoms with Gasteiger partial charge in [-0.3, -0.25) is 0 Å². The zero-order valence-electron chi connectivity index (χ0n) is 11.4. The van der Waals surface area contributed by atoms with E-state index in [2.05, 4.69) is 21.1 Å². The van der Waals surface area contributed by atoms with Crippen molar-refractivity contribution >= 4 is 21.8 Å². The molecule has 0 aliphatic rings. The minimum absolute atomic E-state index is 0.00803. The van der Waals surface area contributed by atoms with E-state index in [4.69, 9.17) is 20.4 Å². The number of nitrogens with two attached hydrogens (primary N) is 1. The summed E-state index contributed by atoms with van der Waals surface area (Å²) >= 11 is 3.34. The summed E-state index contributed by atoms with van der Waals surface area (Å²) in [5.74, 6) is 1.27. The topological polar surface area (TPSA) is 77.1 Å². The van der Waals surface area contributed by atoms with E-state index in [1.807, 2.05) is 30.3 Å². The summed E-state index contributed by atoms with van der Waals surface area (Å²) in [5.41, 5.74) is 7.09. The fourth-order valence-corrected chi connectivity index (χ4v) is 2.22. The van der Waals surface area contributed by atoms with Crippen molar-refractivity contribution in [3.63, 3.8) is 0 Å². The van der Waals surface area contributed by atoms with Gasteiger partial charge in [0.25, 0.3) is 0 Å². The van der Waals surface area contributed by atoms with Gasteiger partial charge in [-0.05, 0) is 24.3 Å². The highest BCUT2D eigenvalue weighted by Crippen LogP contribution is 2.25. The number of hydrogen-bond acceptors (Lipinski definition) is 4. The lowest BCUT2D eigenvalue weighted by Gasteiger charge is -2.13. The molecule has 0 saturated carbocycles. The summed E-state index contributed by atoms with van der Waals surface area (Å²) in [4.78, 5) is 0. The zero-order chi connectivity index (χ0) is 15.2. The van der Waals surface area contributed by atoms with Gasteiger partial charge in [-0.25, -0.2) is 0 Å². The summed E-state index contributed by atoms with van der Waals surface area (Å²) < 4.78 is 11.9. The van der Waals surface area contributed by atoms with Crippen molar-refractivity contribution in [2.45, 2.75) is 6.61 Å². The number of methoxy groups -OCH3 is 1. The van der Waals surface area contributed by atoms with E-state index >= 15 is 0 Å². The molecule has 0 radical (unpaired) electrons. The minimum atomic E-state index is -0.00803. The average molecular weight is 351 g/mol. The highest BCUT2D eigenvalue weighted by atomic mass is 79.9. The van der Waals surface area contributed by atoms with Crippen LogP contribution in [0.4, 0.5) is 0 Å². The summed E-state index contributed by atoms with van der Waals surface area (Å²) in [5, 5.41) is 11.9. The van der Waals surface area contributed by atoms with Crippen LogP contribution in [0, 0.1) is 0 Å². The van der Waals surface area contributed by atoms with Crippen LogP contribution in [0.2, 0.25) is 0 Å². The fraction of sp³-hybridized carbons (Fsp3) is 0.133. The van der Waals surface area contributed by atoms with Gasteiger partial charge in [0.2, 0.25) is 0 Å². The summed E-state index contributed by atoms with van der Waals surface area (Å²) in [6.07, 6.45) is 0. The molecular formula is C15H15BrN2O3. The lowest BCUT2D eigenvalue weighted by Crippen LogP contribution is -2.15. The molecule has 2 aromatic carbocycles. The molecule has 0 atom stereocenters. The first-order chi connectivity index (χ1) is 10.2. The van der Waals surface area contributed by atoms with Crippen LogP contribution in [0.5, 0.6) is 11.5 Å². The Hall–Kier alpha value is -2.21. The molecule has 0 fully saturated rings. The Morgan fingerprint density at radius 3 is 2.71 bits per heavy atom. The van der Waals surface area contributed by atoms with Crippen molar-refractivity contribution in [1.82, 2.24) is 0 Å². The largest absolute Gasteiger partial charge is 0.496 e. The van der Waals surface area contributed by atoms with Gasteiger partial charge in [0.05, 0.1) is 12.7 Å². The molecule has 5 nitrogen and oxygen atoms in total. The highest BCUT2D eigenvalue weighted by Gasteiger charge is 2.10. The fourth-order valence-electron chi connectivity index (χ4n) is 1.86. The Morgan fingerprint density at radius 2 is 2.00 bits per heavy atom. The first-order valence-corrected chi connectivity index (χ1v) is 6.97. The molecule has 2 rings (SSSR count). The van der Waals surface area contributed by atoms with E-state index < -0.39 is 0 Å². The van der Waals surface area contributed by atoms with Crippen LogP contribution in [-0.4, -0.2) is 18.2 Å². The third-order valence-electron chi connectivity index (χ3n) is 2.90. The molecular weight excluding hydrogens is 336 g/mol. The van der Waals surface area contributed by atoms with E-state index in [9.17, 15) is 0 Å². The van der Waals surface area contributed by atoms with Crippen LogP contribution in [0.1, 0.15) is 11.1 Å². The number of benzene rings is 2. The Morgan fingerprint density at radius 1 is 1.24 bits per heavy atom. The predicted molar refractivity (Wildman–Crippen MR) is 84.0 cm³/mol. The molecule has 0 unspecified atom stereocenters. The van der Waals surface area contributed by atoms with Crippen molar-refractivity contribution in [2.75, 3.05) is 7.11 Å².